The predicted molar refractivity (Wildman–Crippen MR) is 95.3 cm³/mol. The maximum atomic E-state index is 12.4. The van der Waals surface area contributed by atoms with E-state index >= 15 is 0 Å². The summed E-state index contributed by atoms with van der Waals surface area (Å²) >= 11 is 0. The van der Waals surface area contributed by atoms with E-state index in [4.69, 9.17) is 14.0 Å². The van der Waals surface area contributed by atoms with Gasteiger partial charge in [-0.2, -0.15) is 4.98 Å². The highest BCUT2D eigenvalue weighted by molar-refractivity contribution is 5.77. The Morgan fingerprint density at radius 3 is 2.96 bits per heavy atom. The Morgan fingerprint density at radius 2 is 2.11 bits per heavy atom. The summed E-state index contributed by atoms with van der Waals surface area (Å²) < 4.78 is 16.2. The minimum Gasteiger partial charge on any atom is -0.454 e. The third kappa shape index (κ3) is 3.38. The van der Waals surface area contributed by atoms with Crippen LogP contribution in [0.15, 0.2) is 22.7 Å². The fraction of sp³-hybridized carbons (Fsp3) is 0.550. The molecule has 3 heterocycles. The van der Waals surface area contributed by atoms with Crippen molar-refractivity contribution in [3.8, 4) is 11.5 Å². The van der Waals surface area contributed by atoms with Crippen LogP contribution in [0.25, 0.3) is 0 Å². The Labute approximate surface area is 157 Å². The molecule has 1 amide bonds. The summed E-state index contributed by atoms with van der Waals surface area (Å²) in [5.74, 6) is 3.53. The summed E-state index contributed by atoms with van der Waals surface area (Å²) in [5, 5.41) is 4.07. The number of hydrogen-bond acceptors (Lipinski definition) is 6. The Morgan fingerprint density at radius 1 is 1.26 bits per heavy atom. The summed E-state index contributed by atoms with van der Waals surface area (Å²) in [5.41, 5.74) is 1.21. The van der Waals surface area contributed by atoms with Crippen LogP contribution in [-0.4, -0.2) is 34.3 Å². The number of nitrogens with zero attached hydrogens (tertiary/aromatic N) is 3. The van der Waals surface area contributed by atoms with Crippen LogP contribution in [0.1, 0.15) is 55.8 Å². The number of carbonyl (C=O) groups excluding carboxylic acids is 1. The molecular formula is C20H23N3O4. The summed E-state index contributed by atoms with van der Waals surface area (Å²) in [6.07, 6.45) is 4.55. The SMILES string of the molecule is CC1(Cc2ccc3c(c2)OCO3)CCC(=O)N(Cc2noc(C3CC3)n2)C1. The van der Waals surface area contributed by atoms with Crippen molar-refractivity contribution >= 4 is 5.91 Å². The molecule has 2 fully saturated rings. The van der Waals surface area contributed by atoms with Crippen molar-refractivity contribution in [1.29, 1.82) is 0 Å². The van der Waals surface area contributed by atoms with E-state index in [0.717, 1.165) is 43.1 Å². The van der Waals surface area contributed by atoms with Crippen molar-refractivity contribution < 1.29 is 18.8 Å². The molecule has 2 aliphatic heterocycles. The van der Waals surface area contributed by atoms with Crippen LogP contribution in [-0.2, 0) is 17.8 Å². The number of carbonyl (C=O) groups is 1. The lowest BCUT2D eigenvalue weighted by molar-refractivity contribution is -0.138. The third-order valence-electron chi connectivity index (χ3n) is 5.68. The summed E-state index contributed by atoms with van der Waals surface area (Å²) in [6.45, 7) is 3.63. The number of benzene rings is 1. The second-order valence-corrected chi connectivity index (χ2v) is 8.25. The molecule has 1 unspecified atom stereocenters. The van der Waals surface area contributed by atoms with Gasteiger partial charge in [0.15, 0.2) is 17.3 Å². The number of hydrogen-bond donors (Lipinski definition) is 0. The molecular weight excluding hydrogens is 346 g/mol. The maximum absolute atomic E-state index is 12.4. The molecule has 142 valence electrons. The average molecular weight is 369 g/mol. The molecule has 1 saturated heterocycles. The quantitative estimate of drug-likeness (QED) is 0.806. The van der Waals surface area contributed by atoms with Crippen LogP contribution in [0.5, 0.6) is 11.5 Å². The number of piperidine rings is 1. The average Bonchev–Trinajstić information content (AvgIpc) is 3.21. The monoisotopic (exact) mass is 369 g/mol. The zero-order chi connectivity index (χ0) is 18.4. The highest BCUT2D eigenvalue weighted by atomic mass is 16.7. The van der Waals surface area contributed by atoms with E-state index in [9.17, 15) is 4.79 Å². The molecule has 1 atom stereocenters. The predicted octanol–water partition coefficient (Wildman–Crippen LogP) is 3.05. The van der Waals surface area contributed by atoms with Crippen molar-refractivity contribution in [2.24, 2.45) is 5.41 Å². The van der Waals surface area contributed by atoms with Crippen molar-refractivity contribution in [3.05, 3.63) is 35.5 Å². The van der Waals surface area contributed by atoms with Gasteiger partial charge in [-0.15, -0.1) is 0 Å². The number of ether oxygens (including phenoxy) is 2. The van der Waals surface area contributed by atoms with E-state index in [1.54, 1.807) is 0 Å². The molecule has 2 aromatic rings. The van der Waals surface area contributed by atoms with E-state index in [2.05, 4.69) is 29.2 Å². The van der Waals surface area contributed by atoms with Crippen LogP contribution in [0.2, 0.25) is 0 Å². The molecule has 0 N–H and O–H groups in total. The number of fused-ring (bicyclic) bond motifs is 1. The van der Waals surface area contributed by atoms with Crippen LogP contribution in [0.3, 0.4) is 0 Å². The number of amides is 1. The standard InChI is InChI=1S/C20H23N3O4/c1-20(9-13-2-5-15-16(8-13)26-12-25-15)7-6-18(24)23(11-20)10-17-21-19(27-22-17)14-3-4-14/h2,5,8,14H,3-4,6-7,9-12H2,1H3. The fourth-order valence-electron chi connectivity index (χ4n) is 4.03. The molecule has 27 heavy (non-hydrogen) atoms. The first-order chi connectivity index (χ1) is 13.1. The van der Waals surface area contributed by atoms with E-state index in [1.807, 2.05) is 11.0 Å². The van der Waals surface area contributed by atoms with Crippen LogP contribution >= 0.6 is 0 Å². The largest absolute Gasteiger partial charge is 0.454 e. The molecule has 1 aromatic carbocycles. The van der Waals surface area contributed by atoms with Gasteiger partial charge in [-0.05, 0) is 48.8 Å². The Hall–Kier alpha value is -2.57. The molecule has 5 rings (SSSR count). The molecule has 0 spiro atoms. The van der Waals surface area contributed by atoms with E-state index in [0.29, 0.717) is 31.3 Å². The number of rotatable bonds is 5. The van der Waals surface area contributed by atoms with E-state index in [1.165, 1.54) is 5.56 Å². The Balaban J connectivity index is 1.28. The van der Waals surface area contributed by atoms with Gasteiger partial charge in [-0.25, -0.2) is 0 Å². The molecule has 0 radical (unpaired) electrons. The molecule has 1 aromatic heterocycles. The van der Waals surface area contributed by atoms with Gasteiger partial charge in [0.2, 0.25) is 18.6 Å². The molecule has 1 saturated carbocycles. The van der Waals surface area contributed by atoms with Crippen LogP contribution < -0.4 is 9.47 Å². The lowest BCUT2D eigenvalue weighted by atomic mass is 9.76. The lowest BCUT2D eigenvalue weighted by Gasteiger charge is -2.40. The molecule has 0 bridgehead atoms. The van der Waals surface area contributed by atoms with E-state index in [-0.39, 0.29) is 18.1 Å². The first-order valence-electron chi connectivity index (χ1n) is 9.57. The lowest BCUT2D eigenvalue weighted by Crippen LogP contribution is -2.45. The minimum absolute atomic E-state index is 0.00463. The molecule has 3 aliphatic rings. The Kier molecular flexibility index (Phi) is 3.84. The zero-order valence-electron chi connectivity index (χ0n) is 15.4. The summed E-state index contributed by atoms with van der Waals surface area (Å²) in [6, 6.07) is 6.10. The van der Waals surface area contributed by atoms with Gasteiger partial charge in [0.25, 0.3) is 0 Å². The van der Waals surface area contributed by atoms with Crippen molar-refractivity contribution in [3.63, 3.8) is 0 Å². The van der Waals surface area contributed by atoms with Gasteiger partial charge in [0.1, 0.15) is 0 Å². The van der Waals surface area contributed by atoms with Crippen LogP contribution in [0, 0.1) is 5.41 Å². The van der Waals surface area contributed by atoms with E-state index < -0.39 is 0 Å². The van der Waals surface area contributed by atoms with Crippen molar-refractivity contribution in [2.45, 2.75) is 51.5 Å². The second kappa shape index (κ2) is 6.25. The Bertz CT molecular complexity index is 876. The summed E-state index contributed by atoms with van der Waals surface area (Å²) in [7, 11) is 0. The summed E-state index contributed by atoms with van der Waals surface area (Å²) in [4.78, 5) is 18.8. The number of aromatic nitrogens is 2. The smallest absolute Gasteiger partial charge is 0.231 e. The topological polar surface area (TPSA) is 77.7 Å². The van der Waals surface area contributed by atoms with Gasteiger partial charge < -0.3 is 18.9 Å². The first kappa shape index (κ1) is 16.6. The molecule has 1 aliphatic carbocycles. The van der Waals surface area contributed by atoms with Gasteiger partial charge >= 0.3 is 0 Å². The van der Waals surface area contributed by atoms with Gasteiger partial charge in [-0.3, -0.25) is 4.79 Å². The van der Waals surface area contributed by atoms with Crippen LogP contribution in [0.4, 0.5) is 0 Å². The van der Waals surface area contributed by atoms with Gasteiger partial charge in [-0.1, -0.05) is 18.1 Å². The van der Waals surface area contributed by atoms with Gasteiger partial charge in [0.05, 0.1) is 6.54 Å². The zero-order valence-corrected chi connectivity index (χ0v) is 15.4. The van der Waals surface area contributed by atoms with Crippen molar-refractivity contribution in [2.75, 3.05) is 13.3 Å². The highest BCUT2D eigenvalue weighted by Gasteiger charge is 2.36. The second-order valence-electron chi connectivity index (χ2n) is 8.25. The molecule has 7 heteroatoms. The fourth-order valence-corrected chi connectivity index (χ4v) is 4.03. The maximum Gasteiger partial charge on any atom is 0.231 e. The number of likely N-dealkylation sites (tertiary alicyclic amines) is 1. The highest BCUT2D eigenvalue weighted by Crippen LogP contribution is 2.40. The molecule has 7 nitrogen and oxygen atoms in total. The minimum atomic E-state index is 0.00463. The normalized spacial score (nSPS) is 24.5. The first-order valence-corrected chi connectivity index (χ1v) is 9.57. The van der Waals surface area contributed by atoms with Crippen molar-refractivity contribution in [1.82, 2.24) is 15.0 Å². The van der Waals surface area contributed by atoms with Gasteiger partial charge in [0, 0.05) is 18.9 Å². The third-order valence-corrected chi connectivity index (χ3v) is 5.68.